The van der Waals surface area contributed by atoms with Crippen molar-refractivity contribution in [1.82, 2.24) is 10.3 Å². The standard InChI is InChI=1S/C19H17N3O4S/c20-18-11-10-16(12-17(18)13-4-2-1-3-5-13)27(25,26)22-21-19(24)14-6-8-15(23)9-7-14/h1-12,22-23H,20H2,(H,21,24). The lowest BCUT2D eigenvalue weighted by Crippen LogP contribution is -2.41. The lowest BCUT2D eigenvalue weighted by atomic mass is 10.0. The first-order valence-electron chi connectivity index (χ1n) is 7.93. The van der Waals surface area contributed by atoms with Gasteiger partial charge in [-0.1, -0.05) is 30.3 Å². The van der Waals surface area contributed by atoms with Gasteiger partial charge in [-0.2, -0.15) is 0 Å². The van der Waals surface area contributed by atoms with Gasteiger partial charge in [-0.05, 0) is 48.0 Å². The van der Waals surface area contributed by atoms with Crippen LogP contribution in [-0.4, -0.2) is 19.4 Å². The molecule has 0 fully saturated rings. The molecule has 0 heterocycles. The lowest BCUT2D eigenvalue weighted by molar-refractivity contribution is 0.0945. The highest BCUT2D eigenvalue weighted by Crippen LogP contribution is 2.28. The topological polar surface area (TPSA) is 122 Å². The maximum absolute atomic E-state index is 12.5. The van der Waals surface area contributed by atoms with E-state index in [9.17, 15) is 18.3 Å². The number of anilines is 1. The van der Waals surface area contributed by atoms with E-state index in [0.717, 1.165) is 5.56 Å². The Bertz CT molecular complexity index is 1070. The number of nitrogens with two attached hydrogens (primary N) is 1. The summed E-state index contributed by atoms with van der Waals surface area (Å²) in [5.74, 6) is -0.653. The molecule has 3 aromatic carbocycles. The largest absolute Gasteiger partial charge is 0.508 e. The minimum Gasteiger partial charge on any atom is -0.508 e. The Labute approximate surface area is 156 Å². The number of benzene rings is 3. The molecule has 0 aromatic heterocycles. The predicted molar refractivity (Wildman–Crippen MR) is 102 cm³/mol. The molecule has 0 aliphatic rings. The molecule has 1 amide bonds. The highest BCUT2D eigenvalue weighted by Gasteiger charge is 2.17. The Hall–Kier alpha value is -3.36. The van der Waals surface area contributed by atoms with Gasteiger partial charge in [0.2, 0.25) is 0 Å². The van der Waals surface area contributed by atoms with Crippen LogP contribution in [0, 0.1) is 0 Å². The Morgan fingerprint density at radius 2 is 1.59 bits per heavy atom. The SMILES string of the molecule is Nc1ccc(S(=O)(=O)NNC(=O)c2ccc(O)cc2)cc1-c1ccccc1. The Kier molecular flexibility index (Phi) is 5.11. The molecule has 0 aliphatic heterocycles. The van der Waals surface area contributed by atoms with Crippen molar-refractivity contribution in [2.24, 2.45) is 0 Å². The summed E-state index contributed by atoms with van der Waals surface area (Å²) >= 11 is 0. The second kappa shape index (κ2) is 7.48. The van der Waals surface area contributed by atoms with Gasteiger partial charge in [-0.15, -0.1) is 4.83 Å². The maximum Gasteiger partial charge on any atom is 0.266 e. The van der Waals surface area contributed by atoms with E-state index in [1.165, 1.54) is 42.5 Å². The van der Waals surface area contributed by atoms with Crippen LogP contribution in [0.2, 0.25) is 0 Å². The summed E-state index contributed by atoms with van der Waals surface area (Å²) in [7, 11) is -4.01. The Balaban J connectivity index is 1.81. The lowest BCUT2D eigenvalue weighted by Gasteiger charge is -2.11. The van der Waals surface area contributed by atoms with Crippen molar-refractivity contribution in [2.45, 2.75) is 4.90 Å². The van der Waals surface area contributed by atoms with Gasteiger partial charge in [0.1, 0.15) is 5.75 Å². The number of nitrogen functional groups attached to an aromatic ring is 1. The molecule has 8 heteroatoms. The molecule has 0 saturated carbocycles. The van der Waals surface area contributed by atoms with Crippen LogP contribution in [0.15, 0.2) is 77.7 Å². The van der Waals surface area contributed by atoms with E-state index in [4.69, 9.17) is 5.73 Å². The number of hydrogen-bond acceptors (Lipinski definition) is 5. The molecule has 3 rings (SSSR count). The second-order valence-electron chi connectivity index (χ2n) is 5.72. The van der Waals surface area contributed by atoms with Crippen LogP contribution in [0.1, 0.15) is 10.4 Å². The van der Waals surface area contributed by atoms with Gasteiger partial charge in [0.05, 0.1) is 4.90 Å². The fourth-order valence-corrected chi connectivity index (χ4v) is 3.29. The van der Waals surface area contributed by atoms with Crippen LogP contribution in [0.3, 0.4) is 0 Å². The Morgan fingerprint density at radius 1 is 0.926 bits per heavy atom. The van der Waals surface area contributed by atoms with E-state index in [-0.39, 0.29) is 16.2 Å². The molecular weight excluding hydrogens is 366 g/mol. The van der Waals surface area contributed by atoms with Crippen molar-refractivity contribution >= 4 is 21.6 Å². The number of carbonyl (C=O) groups is 1. The van der Waals surface area contributed by atoms with Gasteiger partial charge in [0.15, 0.2) is 0 Å². The van der Waals surface area contributed by atoms with E-state index in [1.807, 2.05) is 30.3 Å². The molecule has 0 radical (unpaired) electrons. The fraction of sp³-hybridized carbons (Fsp3) is 0. The highest BCUT2D eigenvalue weighted by molar-refractivity contribution is 7.89. The molecule has 7 nitrogen and oxygen atoms in total. The minimum atomic E-state index is -4.01. The van der Waals surface area contributed by atoms with Crippen molar-refractivity contribution in [3.8, 4) is 16.9 Å². The molecule has 0 aliphatic carbocycles. The van der Waals surface area contributed by atoms with E-state index in [0.29, 0.717) is 11.3 Å². The quantitative estimate of drug-likeness (QED) is 0.398. The molecule has 138 valence electrons. The zero-order chi connectivity index (χ0) is 19.4. The van der Waals surface area contributed by atoms with E-state index >= 15 is 0 Å². The molecule has 3 aromatic rings. The average Bonchev–Trinajstić information content (AvgIpc) is 2.67. The van der Waals surface area contributed by atoms with Gasteiger partial charge in [-0.25, -0.2) is 8.42 Å². The summed E-state index contributed by atoms with van der Waals surface area (Å²) in [6.45, 7) is 0. The average molecular weight is 383 g/mol. The van der Waals surface area contributed by atoms with E-state index < -0.39 is 15.9 Å². The van der Waals surface area contributed by atoms with Gasteiger partial charge in [0.25, 0.3) is 15.9 Å². The smallest absolute Gasteiger partial charge is 0.266 e. The van der Waals surface area contributed by atoms with Gasteiger partial charge >= 0.3 is 0 Å². The Morgan fingerprint density at radius 3 is 2.26 bits per heavy atom. The second-order valence-corrected chi connectivity index (χ2v) is 7.40. The third kappa shape index (κ3) is 4.25. The minimum absolute atomic E-state index is 0.00227. The summed E-state index contributed by atoms with van der Waals surface area (Å²) in [5.41, 5.74) is 10.1. The monoisotopic (exact) mass is 383 g/mol. The molecule has 0 bridgehead atoms. The molecule has 0 saturated heterocycles. The number of amides is 1. The number of hydrazine groups is 1. The third-order valence-corrected chi connectivity index (χ3v) is 5.09. The van der Waals surface area contributed by atoms with Crippen molar-refractivity contribution < 1.29 is 18.3 Å². The molecule has 5 N–H and O–H groups in total. The molecular formula is C19H17N3O4S. The van der Waals surface area contributed by atoms with Crippen LogP contribution >= 0.6 is 0 Å². The van der Waals surface area contributed by atoms with Crippen molar-refractivity contribution in [2.75, 3.05) is 5.73 Å². The normalized spacial score (nSPS) is 11.1. The molecule has 0 atom stereocenters. The first-order valence-corrected chi connectivity index (χ1v) is 9.41. The zero-order valence-corrected chi connectivity index (χ0v) is 14.9. The van der Waals surface area contributed by atoms with Crippen molar-refractivity contribution in [3.63, 3.8) is 0 Å². The van der Waals surface area contributed by atoms with Crippen molar-refractivity contribution in [1.29, 1.82) is 0 Å². The first kappa shape index (κ1) is 18.4. The summed E-state index contributed by atoms with van der Waals surface area (Å²) < 4.78 is 25.0. The first-order chi connectivity index (χ1) is 12.9. The molecule has 0 spiro atoms. The maximum atomic E-state index is 12.5. The number of phenolic OH excluding ortho intramolecular Hbond substituents is 1. The van der Waals surface area contributed by atoms with Gasteiger partial charge in [-0.3, -0.25) is 10.2 Å². The number of aromatic hydroxyl groups is 1. The summed E-state index contributed by atoms with van der Waals surface area (Å²) in [6.07, 6.45) is 0. The molecule has 27 heavy (non-hydrogen) atoms. The summed E-state index contributed by atoms with van der Waals surface area (Å²) in [6, 6.07) is 18.8. The summed E-state index contributed by atoms with van der Waals surface area (Å²) in [4.78, 5) is 14.1. The number of rotatable bonds is 5. The van der Waals surface area contributed by atoms with E-state index in [2.05, 4.69) is 10.3 Å². The predicted octanol–water partition coefficient (Wildman–Crippen LogP) is 2.26. The number of phenols is 1. The van der Waals surface area contributed by atoms with Crippen molar-refractivity contribution in [3.05, 3.63) is 78.4 Å². The molecule has 0 unspecified atom stereocenters. The van der Waals surface area contributed by atoms with E-state index in [1.54, 1.807) is 0 Å². The van der Waals surface area contributed by atoms with Crippen LogP contribution in [-0.2, 0) is 10.0 Å². The zero-order valence-electron chi connectivity index (χ0n) is 14.1. The van der Waals surface area contributed by atoms with Crippen LogP contribution in [0.4, 0.5) is 5.69 Å². The van der Waals surface area contributed by atoms with Crippen LogP contribution in [0.5, 0.6) is 5.75 Å². The van der Waals surface area contributed by atoms with Gasteiger partial charge < -0.3 is 10.8 Å². The number of nitrogens with one attached hydrogen (secondary N) is 2. The number of carbonyl (C=O) groups excluding carboxylic acids is 1. The fourth-order valence-electron chi connectivity index (χ4n) is 2.43. The summed E-state index contributed by atoms with van der Waals surface area (Å²) in [5, 5.41) is 9.24. The third-order valence-electron chi connectivity index (χ3n) is 3.85. The van der Waals surface area contributed by atoms with Crippen LogP contribution < -0.4 is 16.0 Å². The number of sulfonamides is 1. The highest BCUT2D eigenvalue weighted by atomic mass is 32.2. The van der Waals surface area contributed by atoms with Crippen LogP contribution in [0.25, 0.3) is 11.1 Å². The number of hydrogen-bond donors (Lipinski definition) is 4. The van der Waals surface area contributed by atoms with Gasteiger partial charge in [0, 0.05) is 16.8 Å².